The molecular weight excluding hydrogens is 298 g/mol. The maximum atomic E-state index is 11.9. The minimum absolute atomic E-state index is 0.186. The minimum atomic E-state index is -0.344. The van der Waals surface area contributed by atoms with E-state index in [0.717, 1.165) is 10.5 Å². The molecule has 0 heterocycles. The Hall–Kier alpha value is -1.75. The van der Waals surface area contributed by atoms with Crippen molar-refractivity contribution in [3.63, 3.8) is 0 Å². The second-order valence-corrected chi connectivity index (χ2v) is 6.11. The number of thioether (sulfide) groups is 1. The van der Waals surface area contributed by atoms with E-state index in [0.29, 0.717) is 25.3 Å². The van der Waals surface area contributed by atoms with Crippen LogP contribution < -0.4 is 0 Å². The zero-order valence-corrected chi connectivity index (χ0v) is 14.0. The predicted octanol–water partition coefficient (Wildman–Crippen LogP) is 3.14. The van der Waals surface area contributed by atoms with Gasteiger partial charge in [-0.25, -0.2) is 0 Å². The van der Waals surface area contributed by atoms with Gasteiger partial charge in [0.05, 0.1) is 6.42 Å². The molecule has 1 aromatic rings. The molecular formula is C17H23NO3S. The molecule has 0 saturated heterocycles. The number of hydrogen-bond donors (Lipinski definition) is 0. The topological polar surface area (TPSA) is 46.6 Å². The average Bonchev–Trinajstić information content (AvgIpc) is 2.51. The number of benzene rings is 1. The van der Waals surface area contributed by atoms with Crippen LogP contribution in [0.25, 0.3) is 0 Å². The van der Waals surface area contributed by atoms with Gasteiger partial charge in [0.25, 0.3) is 5.91 Å². The molecule has 1 aromatic carbocycles. The molecule has 0 fully saturated rings. The molecule has 0 unspecified atom stereocenters. The van der Waals surface area contributed by atoms with Crippen LogP contribution in [0.1, 0.15) is 20.3 Å². The van der Waals surface area contributed by atoms with E-state index in [1.54, 1.807) is 16.7 Å². The lowest BCUT2D eigenvalue weighted by molar-refractivity contribution is -0.151. The SMILES string of the molecule is C=C(C)CN(CC)C(=O)COC(=O)CCSc1ccccc1. The highest BCUT2D eigenvalue weighted by atomic mass is 32.2. The lowest BCUT2D eigenvalue weighted by Crippen LogP contribution is -2.35. The fourth-order valence-corrected chi connectivity index (χ4v) is 2.63. The highest BCUT2D eigenvalue weighted by Gasteiger charge is 2.14. The van der Waals surface area contributed by atoms with Crippen molar-refractivity contribution >= 4 is 23.6 Å². The van der Waals surface area contributed by atoms with Crippen molar-refractivity contribution in [2.24, 2.45) is 0 Å². The molecule has 0 N–H and O–H groups in total. The van der Waals surface area contributed by atoms with Crippen molar-refractivity contribution in [3.05, 3.63) is 42.5 Å². The van der Waals surface area contributed by atoms with Crippen molar-refractivity contribution in [3.8, 4) is 0 Å². The summed E-state index contributed by atoms with van der Waals surface area (Å²) >= 11 is 1.59. The van der Waals surface area contributed by atoms with E-state index < -0.39 is 0 Å². The Balaban J connectivity index is 2.24. The van der Waals surface area contributed by atoms with Crippen LogP contribution in [0, 0.1) is 0 Å². The van der Waals surface area contributed by atoms with Crippen LogP contribution >= 0.6 is 11.8 Å². The summed E-state index contributed by atoms with van der Waals surface area (Å²) in [6.45, 7) is 8.41. The van der Waals surface area contributed by atoms with Gasteiger partial charge in [-0.05, 0) is 26.0 Å². The first-order valence-electron chi connectivity index (χ1n) is 7.28. The van der Waals surface area contributed by atoms with Gasteiger partial charge in [-0.15, -0.1) is 11.8 Å². The third kappa shape index (κ3) is 7.31. The predicted molar refractivity (Wildman–Crippen MR) is 89.8 cm³/mol. The van der Waals surface area contributed by atoms with E-state index >= 15 is 0 Å². The molecule has 1 rings (SSSR count). The van der Waals surface area contributed by atoms with Crippen LogP contribution in [0.3, 0.4) is 0 Å². The standard InChI is InChI=1S/C17H23NO3S/c1-4-18(12-14(2)3)16(19)13-21-17(20)10-11-22-15-8-6-5-7-9-15/h5-9H,2,4,10-13H2,1,3H3. The molecule has 0 radical (unpaired) electrons. The smallest absolute Gasteiger partial charge is 0.307 e. The Morgan fingerprint density at radius 1 is 1.27 bits per heavy atom. The monoisotopic (exact) mass is 321 g/mol. The molecule has 5 heteroatoms. The first-order chi connectivity index (χ1) is 10.5. The summed E-state index contributed by atoms with van der Waals surface area (Å²) in [7, 11) is 0. The summed E-state index contributed by atoms with van der Waals surface area (Å²) in [5.41, 5.74) is 0.904. The second-order valence-electron chi connectivity index (χ2n) is 4.94. The van der Waals surface area contributed by atoms with Gasteiger partial charge < -0.3 is 9.64 Å². The minimum Gasteiger partial charge on any atom is -0.456 e. The van der Waals surface area contributed by atoms with E-state index in [1.165, 1.54) is 0 Å². The number of rotatable bonds is 9. The Morgan fingerprint density at radius 2 is 1.95 bits per heavy atom. The van der Waals surface area contributed by atoms with Gasteiger partial charge in [-0.2, -0.15) is 0 Å². The number of nitrogens with zero attached hydrogens (tertiary/aromatic N) is 1. The Labute approximate surface area is 136 Å². The van der Waals surface area contributed by atoms with Gasteiger partial charge in [0.2, 0.25) is 0 Å². The number of amides is 1. The van der Waals surface area contributed by atoms with Crippen molar-refractivity contribution in [1.82, 2.24) is 4.90 Å². The number of hydrogen-bond acceptors (Lipinski definition) is 4. The van der Waals surface area contributed by atoms with Crippen LogP contribution in [0.4, 0.5) is 0 Å². The molecule has 0 aliphatic heterocycles. The number of esters is 1. The maximum Gasteiger partial charge on any atom is 0.307 e. The number of likely N-dealkylation sites (N-methyl/N-ethyl adjacent to an activating group) is 1. The van der Waals surface area contributed by atoms with Gasteiger partial charge in [-0.1, -0.05) is 30.4 Å². The van der Waals surface area contributed by atoms with Gasteiger partial charge in [0.1, 0.15) is 0 Å². The molecule has 0 aliphatic carbocycles. The zero-order chi connectivity index (χ0) is 16.4. The van der Waals surface area contributed by atoms with Crippen LogP contribution in [-0.2, 0) is 14.3 Å². The van der Waals surface area contributed by atoms with Crippen molar-refractivity contribution in [1.29, 1.82) is 0 Å². The molecule has 22 heavy (non-hydrogen) atoms. The fourth-order valence-electron chi connectivity index (χ4n) is 1.78. The Morgan fingerprint density at radius 3 is 2.55 bits per heavy atom. The van der Waals surface area contributed by atoms with Crippen LogP contribution in [-0.4, -0.2) is 42.2 Å². The van der Waals surface area contributed by atoms with E-state index in [-0.39, 0.29) is 18.5 Å². The quantitative estimate of drug-likeness (QED) is 0.398. The molecule has 1 amide bonds. The lowest BCUT2D eigenvalue weighted by atomic mass is 10.3. The largest absolute Gasteiger partial charge is 0.456 e. The third-order valence-electron chi connectivity index (χ3n) is 2.87. The van der Waals surface area contributed by atoms with E-state index in [9.17, 15) is 9.59 Å². The number of ether oxygens (including phenoxy) is 1. The zero-order valence-electron chi connectivity index (χ0n) is 13.2. The van der Waals surface area contributed by atoms with E-state index in [1.807, 2.05) is 44.2 Å². The van der Waals surface area contributed by atoms with Gasteiger partial charge in [0, 0.05) is 23.7 Å². The average molecular weight is 321 g/mol. The third-order valence-corrected chi connectivity index (χ3v) is 3.88. The highest BCUT2D eigenvalue weighted by Crippen LogP contribution is 2.17. The van der Waals surface area contributed by atoms with Crippen molar-refractivity contribution < 1.29 is 14.3 Å². The first kappa shape index (κ1) is 18.3. The Bertz CT molecular complexity index is 502. The maximum absolute atomic E-state index is 11.9. The molecule has 4 nitrogen and oxygen atoms in total. The number of carbonyl (C=O) groups is 2. The van der Waals surface area contributed by atoms with Gasteiger partial charge in [0.15, 0.2) is 6.61 Å². The fraction of sp³-hybridized carbons (Fsp3) is 0.412. The normalized spacial score (nSPS) is 10.1. The summed E-state index contributed by atoms with van der Waals surface area (Å²) in [4.78, 5) is 26.3. The van der Waals surface area contributed by atoms with Crippen molar-refractivity contribution in [2.75, 3.05) is 25.4 Å². The van der Waals surface area contributed by atoms with Crippen LogP contribution in [0.5, 0.6) is 0 Å². The summed E-state index contributed by atoms with van der Waals surface area (Å²) in [5.74, 6) is 0.109. The molecule has 0 spiro atoms. The Kier molecular flexibility index (Phi) is 8.36. The first-order valence-corrected chi connectivity index (χ1v) is 8.27. The molecule has 0 aromatic heterocycles. The highest BCUT2D eigenvalue weighted by molar-refractivity contribution is 7.99. The summed E-state index contributed by atoms with van der Waals surface area (Å²) < 4.78 is 5.03. The lowest BCUT2D eigenvalue weighted by Gasteiger charge is -2.20. The summed E-state index contributed by atoms with van der Waals surface area (Å²) in [5, 5.41) is 0. The number of carbonyl (C=O) groups excluding carboxylic acids is 2. The van der Waals surface area contributed by atoms with Crippen molar-refractivity contribution in [2.45, 2.75) is 25.2 Å². The van der Waals surface area contributed by atoms with E-state index in [4.69, 9.17) is 4.74 Å². The van der Waals surface area contributed by atoms with Gasteiger partial charge in [-0.3, -0.25) is 9.59 Å². The van der Waals surface area contributed by atoms with Gasteiger partial charge >= 0.3 is 5.97 Å². The van der Waals surface area contributed by atoms with Crippen LogP contribution in [0.2, 0.25) is 0 Å². The van der Waals surface area contributed by atoms with E-state index in [2.05, 4.69) is 6.58 Å². The molecule has 0 saturated carbocycles. The summed E-state index contributed by atoms with van der Waals surface area (Å²) in [6, 6.07) is 9.86. The summed E-state index contributed by atoms with van der Waals surface area (Å²) in [6.07, 6.45) is 0.291. The molecule has 0 bridgehead atoms. The molecule has 120 valence electrons. The second kappa shape index (κ2) is 10.1. The molecule has 0 aliphatic rings. The van der Waals surface area contributed by atoms with Crippen LogP contribution in [0.15, 0.2) is 47.4 Å². The molecule has 0 atom stereocenters.